The van der Waals surface area contributed by atoms with E-state index in [1.54, 1.807) is 24.3 Å². The van der Waals surface area contributed by atoms with E-state index in [1.165, 1.54) is 43.5 Å². The molecule has 0 radical (unpaired) electrons. The fourth-order valence-corrected chi connectivity index (χ4v) is 3.21. The first kappa shape index (κ1) is 25.9. The van der Waals surface area contributed by atoms with Gasteiger partial charge >= 0.3 is 23.9 Å². The fourth-order valence-electron chi connectivity index (χ4n) is 3.21. The Balaban J connectivity index is 1.71. The number of carbonyl (C=O) groups excluding carboxylic acids is 3. The minimum absolute atomic E-state index is 0.0317. The molecular formula is C28H24O8. The molecule has 0 fully saturated rings. The van der Waals surface area contributed by atoms with Crippen LogP contribution in [-0.4, -0.2) is 36.1 Å². The first-order valence-electron chi connectivity index (χ1n) is 11.1. The van der Waals surface area contributed by atoms with E-state index in [0.29, 0.717) is 5.56 Å². The summed E-state index contributed by atoms with van der Waals surface area (Å²) in [6, 6.07) is 16.8. The zero-order valence-corrected chi connectivity index (χ0v) is 19.7. The summed E-state index contributed by atoms with van der Waals surface area (Å²) < 4.78 is 15.1. The van der Waals surface area contributed by atoms with Gasteiger partial charge in [0, 0.05) is 6.08 Å². The molecule has 8 nitrogen and oxygen atoms in total. The lowest BCUT2D eigenvalue weighted by Crippen LogP contribution is -2.13. The maximum atomic E-state index is 12.5. The summed E-state index contributed by atoms with van der Waals surface area (Å²) in [5.74, 6) is -3.48. The maximum Gasteiger partial charge on any atom is 0.343 e. The molecule has 0 atom stereocenters. The van der Waals surface area contributed by atoms with E-state index in [0.717, 1.165) is 24.5 Å². The van der Waals surface area contributed by atoms with Crippen molar-refractivity contribution in [3.8, 4) is 11.5 Å². The zero-order chi connectivity index (χ0) is 26.1. The minimum atomic E-state index is -1.35. The molecule has 0 spiro atoms. The van der Waals surface area contributed by atoms with Gasteiger partial charge in [0.25, 0.3) is 0 Å². The highest BCUT2D eigenvalue weighted by Crippen LogP contribution is 2.26. The standard InChI is InChI=1S/C28H24O8/c1-3-4-18-5-10-21(11-6-18)28(33)36-24-15-14-22(17-23(24)26(30)31)35-27(32)20-12-7-19(8-13-20)9-16-25(29)34-2/h5-17H,3-4H2,1-2H3,(H,30,31)/b16-9+. The number of esters is 3. The molecule has 0 heterocycles. The Morgan fingerprint density at radius 2 is 1.44 bits per heavy atom. The number of benzene rings is 3. The third kappa shape index (κ3) is 6.89. The van der Waals surface area contributed by atoms with Crippen molar-refractivity contribution in [1.82, 2.24) is 0 Å². The van der Waals surface area contributed by atoms with Crippen molar-refractivity contribution < 1.29 is 38.5 Å². The summed E-state index contributed by atoms with van der Waals surface area (Å²) in [7, 11) is 1.27. The summed E-state index contributed by atoms with van der Waals surface area (Å²) in [4.78, 5) is 47.9. The van der Waals surface area contributed by atoms with Crippen LogP contribution in [0, 0.1) is 0 Å². The van der Waals surface area contributed by atoms with Gasteiger partial charge in [-0.25, -0.2) is 19.2 Å². The normalized spacial score (nSPS) is 10.6. The monoisotopic (exact) mass is 488 g/mol. The predicted octanol–water partition coefficient (Wildman–Crippen LogP) is 4.96. The van der Waals surface area contributed by atoms with Crippen molar-refractivity contribution in [2.45, 2.75) is 19.8 Å². The molecule has 0 saturated carbocycles. The number of carboxylic acid groups (broad SMARTS) is 1. The second-order valence-corrected chi connectivity index (χ2v) is 7.67. The molecule has 8 heteroatoms. The van der Waals surface area contributed by atoms with Crippen molar-refractivity contribution in [2.75, 3.05) is 7.11 Å². The molecular weight excluding hydrogens is 464 g/mol. The molecule has 36 heavy (non-hydrogen) atoms. The maximum absolute atomic E-state index is 12.5. The second kappa shape index (κ2) is 12.1. The van der Waals surface area contributed by atoms with Crippen molar-refractivity contribution in [2.24, 2.45) is 0 Å². The van der Waals surface area contributed by atoms with Crippen LogP contribution in [-0.2, 0) is 16.0 Å². The van der Waals surface area contributed by atoms with Crippen LogP contribution in [0.15, 0.2) is 72.8 Å². The Morgan fingerprint density at radius 1 is 0.833 bits per heavy atom. The molecule has 184 valence electrons. The van der Waals surface area contributed by atoms with Crippen LogP contribution in [0.5, 0.6) is 11.5 Å². The molecule has 0 aliphatic rings. The van der Waals surface area contributed by atoms with E-state index in [1.807, 2.05) is 12.1 Å². The SMILES string of the molecule is CCCc1ccc(C(=O)Oc2ccc(OC(=O)c3ccc(/C=C/C(=O)OC)cc3)cc2C(=O)O)cc1. The summed E-state index contributed by atoms with van der Waals surface area (Å²) in [5, 5.41) is 9.59. The Kier molecular flexibility index (Phi) is 8.72. The molecule has 3 rings (SSSR count). The van der Waals surface area contributed by atoms with Crippen LogP contribution in [0.1, 0.15) is 55.5 Å². The van der Waals surface area contributed by atoms with Gasteiger partial charge in [-0.1, -0.05) is 37.6 Å². The number of ether oxygens (including phenoxy) is 3. The number of methoxy groups -OCH3 is 1. The molecule has 0 unspecified atom stereocenters. The van der Waals surface area contributed by atoms with Gasteiger partial charge in [0.15, 0.2) is 0 Å². The minimum Gasteiger partial charge on any atom is -0.478 e. The third-order valence-corrected chi connectivity index (χ3v) is 5.08. The quantitative estimate of drug-likeness (QED) is 0.255. The summed E-state index contributed by atoms with van der Waals surface area (Å²) in [5.41, 5.74) is 1.91. The first-order chi connectivity index (χ1) is 17.3. The number of aryl methyl sites for hydroxylation is 1. The summed E-state index contributed by atoms with van der Waals surface area (Å²) >= 11 is 0. The number of carbonyl (C=O) groups is 4. The number of aromatic carboxylic acids is 1. The van der Waals surface area contributed by atoms with Crippen LogP contribution in [0.4, 0.5) is 0 Å². The molecule has 1 N–H and O–H groups in total. The molecule has 3 aromatic rings. The van der Waals surface area contributed by atoms with Crippen LogP contribution < -0.4 is 9.47 Å². The van der Waals surface area contributed by atoms with E-state index in [9.17, 15) is 24.3 Å². The van der Waals surface area contributed by atoms with E-state index in [-0.39, 0.29) is 28.2 Å². The smallest absolute Gasteiger partial charge is 0.343 e. The average molecular weight is 488 g/mol. The average Bonchev–Trinajstić information content (AvgIpc) is 2.88. The van der Waals surface area contributed by atoms with Crippen LogP contribution in [0.25, 0.3) is 6.08 Å². The van der Waals surface area contributed by atoms with Crippen molar-refractivity contribution in [1.29, 1.82) is 0 Å². The lowest BCUT2D eigenvalue weighted by Gasteiger charge is -2.10. The molecule has 3 aromatic carbocycles. The molecule has 0 saturated heterocycles. The highest BCUT2D eigenvalue weighted by atomic mass is 16.5. The molecule has 0 aromatic heterocycles. The van der Waals surface area contributed by atoms with Gasteiger partial charge in [-0.15, -0.1) is 0 Å². The van der Waals surface area contributed by atoms with Crippen molar-refractivity contribution in [3.63, 3.8) is 0 Å². The third-order valence-electron chi connectivity index (χ3n) is 5.08. The lowest BCUT2D eigenvalue weighted by atomic mass is 10.1. The van der Waals surface area contributed by atoms with Gasteiger partial charge in [0.2, 0.25) is 0 Å². The van der Waals surface area contributed by atoms with Crippen molar-refractivity contribution in [3.05, 3.63) is 101 Å². The topological polar surface area (TPSA) is 116 Å². The Morgan fingerprint density at radius 3 is 2.03 bits per heavy atom. The van der Waals surface area contributed by atoms with E-state index >= 15 is 0 Å². The Hall–Kier alpha value is -4.72. The highest BCUT2D eigenvalue weighted by Gasteiger charge is 2.19. The summed E-state index contributed by atoms with van der Waals surface area (Å²) in [6.45, 7) is 2.06. The van der Waals surface area contributed by atoms with Gasteiger partial charge in [-0.05, 0) is 66.1 Å². The number of hydrogen-bond acceptors (Lipinski definition) is 7. The van der Waals surface area contributed by atoms with Crippen LogP contribution in [0.3, 0.4) is 0 Å². The predicted molar refractivity (Wildman–Crippen MR) is 131 cm³/mol. The molecule has 0 bridgehead atoms. The molecule has 0 amide bonds. The lowest BCUT2D eigenvalue weighted by molar-refractivity contribution is -0.134. The van der Waals surface area contributed by atoms with Crippen LogP contribution >= 0.6 is 0 Å². The number of rotatable bonds is 9. The van der Waals surface area contributed by atoms with Gasteiger partial charge in [-0.2, -0.15) is 0 Å². The van der Waals surface area contributed by atoms with E-state index in [2.05, 4.69) is 11.7 Å². The van der Waals surface area contributed by atoms with Gasteiger partial charge in [-0.3, -0.25) is 0 Å². The summed E-state index contributed by atoms with van der Waals surface area (Å²) in [6.07, 6.45) is 4.63. The number of carboxylic acids is 1. The Bertz CT molecular complexity index is 1290. The fraction of sp³-hybridized carbons (Fsp3) is 0.143. The molecule has 0 aliphatic heterocycles. The second-order valence-electron chi connectivity index (χ2n) is 7.67. The molecule has 0 aliphatic carbocycles. The van der Waals surface area contributed by atoms with Gasteiger partial charge in [0.05, 0.1) is 18.2 Å². The number of hydrogen-bond donors (Lipinski definition) is 1. The van der Waals surface area contributed by atoms with Gasteiger partial charge < -0.3 is 19.3 Å². The zero-order valence-electron chi connectivity index (χ0n) is 19.7. The highest BCUT2D eigenvalue weighted by molar-refractivity contribution is 5.96. The largest absolute Gasteiger partial charge is 0.478 e. The van der Waals surface area contributed by atoms with Crippen LogP contribution in [0.2, 0.25) is 0 Å². The van der Waals surface area contributed by atoms with Gasteiger partial charge in [0.1, 0.15) is 17.1 Å². The van der Waals surface area contributed by atoms with E-state index in [4.69, 9.17) is 9.47 Å². The van der Waals surface area contributed by atoms with Crippen molar-refractivity contribution >= 4 is 30.0 Å². The first-order valence-corrected chi connectivity index (χ1v) is 11.1. The Labute approximate surface area is 207 Å². The van der Waals surface area contributed by atoms with E-state index < -0.39 is 23.9 Å².